The minimum Gasteiger partial charge on any atom is -0.330 e. The normalized spacial score (nSPS) is 10.6. The second-order valence-corrected chi connectivity index (χ2v) is 7.07. The lowest BCUT2D eigenvalue weighted by Crippen LogP contribution is -1.92. The van der Waals surface area contributed by atoms with Crippen LogP contribution in [0.5, 0.6) is 0 Å². The summed E-state index contributed by atoms with van der Waals surface area (Å²) in [5, 5.41) is 23.0. The van der Waals surface area contributed by atoms with Crippen LogP contribution in [0.3, 0.4) is 0 Å². The number of benzene rings is 1. The van der Waals surface area contributed by atoms with Gasteiger partial charge in [-0.05, 0) is 48.9 Å². The standard InChI is InChI=1S/C14H12N6O2S2/c1-8-3-4-10(5-9(8)2)17-13-18-19-14(24-13)23-12-15-6-11(7-16-12)20(21)22/h3-7H,1-2H3,(H,17,18). The van der Waals surface area contributed by atoms with Crippen molar-refractivity contribution in [2.75, 3.05) is 5.32 Å². The molecule has 122 valence electrons. The second-order valence-electron chi connectivity index (χ2n) is 4.88. The summed E-state index contributed by atoms with van der Waals surface area (Å²) < 4.78 is 0.648. The number of aryl methyl sites for hydroxylation is 2. The number of nitrogens with zero attached hydrogens (tertiary/aromatic N) is 5. The Morgan fingerprint density at radius 2 is 1.92 bits per heavy atom. The third kappa shape index (κ3) is 3.84. The number of hydrogen-bond donors (Lipinski definition) is 1. The zero-order valence-corrected chi connectivity index (χ0v) is 14.4. The first kappa shape index (κ1) is 16.3. The first-order valence-corrected chi connectivity index (χ1v) is 8.46. The molecule has 1 aromatic carbocycles. The van der Waals surface area contributed by atoms with E-state index in [0.29, 0.717) is 14.6 Å². The van der Waals surface area contributed by atoms with Gasteiger partial charge < -0.3 is 5.32 Å². The van der Waals surface area contributed by atoms with Crippen molar-refractivity contribution < 1.29 is 4.92 Å². The molecule has 0 unspecified atom stereocenters. The quantitative estimate of drug-likeness (QED) is 0.416. The lowest BCUT2D eigenvalue weighted by atomic mass is 10.1. The Kier molecular flexibility index (Phi) is 4.67. The molecular weight excluding hydrogens is 348 g/mol. The smallest absolute Gasteiger partial charge is 0.305 e. The average Bonchev–Trinajstić information content (AvgIpc) is 2.98. The van der Waals surface area contributed by atoms with Gasteiger partial charge >= 0.3 is 5.69 Å². The van der Waals surface area contributed by atoms with E-state index in [2.05, 4.69) is 32.4 Å². The summed E-state index contributed by atoms with van der Waals surface area (Å²) in [5.74, 6) is 0. The van der Waals surface area contributed by atoms with Gasteiger partial charge in [-0.2, -0.15) is 0 Å². The van der Waals surface area contributed by atoms with Gasteiger partial charge in [-0.15, -0.1) is 10.2 Å². The molecule has 0 aliphatic heterocycles. The average molecular weight is 360 g/mol. The van der Waals surface area contributed by atoms with Crippen LogP contribution in [0, 0.1) is 24.0 Å². The molecule has 0 spiro atoms. The Hall–Kier alpha value is -2.59. The first-order chi connectivity index (χ1) is 11.5. The molecule has 0 bridgehead atoms. The Morgan fingerprint density at radius 3 is 2.58 bits per heavy atom. The van der Waals surface area contributed by atoms with Gasteiger partial charge in [0.2, 0.25) is 5.13 Å². The molecule has 3 aromatic rings. The molecule has 24 heavy (non-hydrogen) atoms. The molecule has 3 rings (SSSR count). The van der Waals surface area contributed by atoms with E-state index < -0.39 is 4.92 Å². The zero-order chi connectivity index (χ0) is 17.1. The van der Waals surface area contributed by atoms with Crippen molar-refractivity contribution in [3.05, 3.63) is 51.8 Å². The molecule has 0 radical (unpaired) electrons. The molecule has 10 heteroatoms. The SMILES string of the molecule is Cc1ccc(Nc2nnc(Sc3ncc([N+](=O)[O-])cn3)s2)cc1C. The van der Waals surface area contributed by atoms with Crippen LogP contribution in [0.4, 0.5) is 16.5 Å². The zero-order valence-electron chi connectivity index (χ0n) is 12.8. The number of aromatic nitrogens is 4. The molecule has 2 aromatic heterocycles. The Bertz CT molecular complexity index is 881. The predicted octanol–water partition coefficient (Wildman–Crippen LogP) is 3.75. The van der Waals surface area contributed by atoms with Gasteiger partial charge in [0.1, 0.15) is 12.4 Å². The largest absolute Gasteiger partial charge is 0.330 e. The minimum absolute atomic E-state index is 0.145. The molecule has 0 aliphatic rings. The molecule has 0 atom stereocenters. The third-order valence-electron chi connectivity index (χ3n) is 3.17. The van der Waals surface area contributed by atoms with Crippen LogP contribution in [0.25, 0.3) is 0 Å². The number of anilines is 2. The second kappa shape index (κ2) is 6.89. The van der Waals surface area contributed by atoms with E-state index in [1.54, 1.807) is 0 Å². The van der Waals surface area contributed by atoms with Crippen LogP contribution in [0.15, 0.2) is 40.1 Å². The van der Waals surface area contributed by atoms with Crippen molar-refractivity contribution >= 4 is 39.6 Å². The highest BCUT2D eigenvalue weighted by atomic mass is 32.2. The minimum atomic E-state index is -0.537. The van der Waals surface area contributed by atoms with Gasteiger partial charge in [0, 0.05) is 5.69 Å². The van der Waals surface area contributed by atoms with Crippen LogP contribution in [0.1, 0.15) is 11.1 Å². The van der Waals surface area contributed by atoms with Crippen LogP contribution >= 0.6 is 23.1 Å². The maximum absolute atomic E-state index is 10.6. The topological polar surface area (TPSA) is 107 Å². The molecule has 0 aliphatic carbocycles. The van der Waals surface area contributed by atoms with Crippen LogP contribution in [-0.4, -0.2) is 25.1 Å². The summed E-state index contributed by atoms with van der Waals surface area (Å²) in [5.41, 5.74) is 3.22. The van der Waals surface area contributed by atoms with Crippen molar-refractivity contribution in [2.45, 2.75) is 23.3 Å². The summed E-state index contributed by atoms with van der Waals surface area (Å²) >= 11 is 2.56. The van der Waals surface area contributed by atoms with Crippen LogP contribution < -0.4 is 5.32 Å². The maximum atomic E-state index is 10.6. The van der Waals surface area contributed by atoms with Gasteiger partial charge in [-0.25, -0.2) is 9.97 Å². The van der Waals surface area contributed by atoms with Gasteiger partial charge in [0.25, 0.3) is 0 Å². The summed E-state index contributed by atoms with van der Waals surface area (Å²) in [4.78, 5) is 17.9. The molecule has 0 fully saturated rings. The summed E-state index contributed by atoms with van der Waals surface area (Å²) in [6.07, 6.45) is 2.34. The van der Waals surface area contributed by atoms with E-state index in [4.69, 9.17) is 0 Å². The molecule has 0 saturated carbocycles. The Morgan fingerprint density at radius 1 is 1.17 bits per heavy atom. The first-order valence-electron chi connectivity index (χ1n) is 6.83. The maximum Gasteiger partial charge on any atom is 0.305 e. The van der Waals surface area contributed by atoms with Crippen molar-refractivity contribution in [1.29, 1.82) is 0 Å². The monoisotopic (exact) mass is 360 g/mol. The Balaban J connectivity index is 1.68. The van der Waals surface area contributed by atoms with Crippen LogP contribution in [-0.2, 0) is 0 Å². The fourth-order valence-corrected chi connectivity index (χ4v) is 3.35. The summed E-state index contributed by atoms with van der Waals surface area (Å²) in [6, 6.07) is 6.07. The highest BCUT2D eigenvalue weighted by molar-refractivity contribution is 8.00. The van der Waals surface area contributed by atoms with E-state index in [1.807, 2.05) is 25.1 Å². The number of rotatable bonds is 5. The molecule has 0 saturated heterocycles. The predicted molar refractivity (Wildman–Crippen MR) is 91.9 cm³/mol. The van der Waals surface area contributed by atoms with E-state index >= 15 is 0 Å². The number of nitrogens with one attached hydrogen (secondary N) is 1. The molecule has 0 amide bonds. The van der Waals surface area contributed by atoms with E-state index in [1.165, 1.54) is 46.6 Å². The summed E-state index contributed by atoms with van der Waals surface area (Å²) in [7, 11) is 0. The van der Waals surface area contributed by atoms with Gasteiger partial charge in [0.05, 0.1) is 4.92 Å². The molecule has 2 heterocycles. The Labute approximate surface area is 145 Å². The van der Waals surface area contributed by atoms with Gasteiger partial charge in [0.15, 0.2) is 9.50 Å². The fraction of sp³-hybridized carbons (Fsp3) is 0.143. The molecule has 8 nitrogen and oxygen atoms in total. The third-order valence-corrected chi connectivity index (χ3v) is 4.95. The van der Waals surface area contributed by atoms with Crippen LogP contribution in [0.2, 0.25) is 0 Å². The summed E-state index contributed by atoms with van der Waals surface area (Å²) in [6.45, 7) is 4.11. The lowest BCUT2D eigenvalue weighted by molar-refractivity contribution is -0.385. The highest BCUT2D eigenvalue weighted by Crippen LogP contribution is 2.31. The van der Waals surface area contributed by atoms with Crippen molar-refractivity contribution in [3.63, 3.8) is 0 Å². The van der Waals surface area contributed by atoms with Gasteiger partial charge in [-0.3, -0.25) is 10.1 Å². The van der Waals surface area contributed by atoms with E-state index in [0.717, 1.165) is 5.69 Å². The fourth-order valence-electron chi connectivity index (χ4n) is 1.78. The van der Waals surface area contributed by atoms with E-state index in [-0.39, 0.29) is 5.69 Å². The van der Waals surface area contributed by atoms with E-state index in [9.17, 15) is 10.1 Å². The molecule has 1 N–H and O–H groups in total. The number of nitro groups is 1. The van der Waals surface area contributed by atoms with Crippen molar-refractivity contribution in [2.24, 2.45) is 0 Å². The van der Waals surface area contributed by atoms with Gasteiger partial charge in [-0.1, -0.05) is 17.4 Å². The van der Waals surface area contributed by atoms with Crippen molar-refractivity contribution in [1.82, 2.24) is 20.2 Å². The van der Waals surface area contributed by atoms with Crippen molar-refractivity contribution in [3.8, 4) is 0 Å². The molecular formula is C14H12N6O2S2. The number of hydrogen-bond acceptors (Lipinski definition) is 9. The highest BCUT2D eigenvalue weighted by Gasteiger charge is 2.11. The lowest BCUT2D eigenvalue weighted by Gasteiger charge is -2.05.